The van der Waals surface area contributed by atoms with E-state index in [0.717, 1.165) is 54.0 Å². The molecule has 3 heterocycles. The quantitative estimate of drug-likeness (QED) is 0.653. The molecule has 7 nitrogen and oxygen atoms in total. The molecular weight excluding hydrogens is 440 g/mol. The maximum absolute atomic E-state index is 14.0. The van der Waals surface area contributed by atoms with Crippen molar-refractivity contribution in [2.45, 2.75) is 76.5 Å². The third-order valence-corrected chi connectivity index (χ3v) is 7.63. The molecule has 5 rings (SSSR count). The van der Waals surface area contributed by atoms with Crippen LogP contribution in [0.15, 0.2) is 36.5 Å². The molecule has 2 aromatic rings. The first kappa shape index (κ1) is 23.8. The van der Waals surface area contributed by atoms with Gasteiger partial charge in [-0.25, -0.2) is 4.98 Å². The van der Waals surface area contributed by atoms with Gasteiger partial charge in [-0.05, 0) is 76.1 Å². The summed E-state index contributed by atoms with van der Waals surface area (Å²) in [5.74, 6) is 0.875. The van der Waals surface area contributed by atoms with Crippen LogP contribution in [-0.2, 0) is 26.2 Å². The van der Waals surface area contributed by atoms with Crippen LogP contribution in [0, 0.1) is 17.2 Å². The number of hydrogen-bond acceptors (Lipinski definition) is 6. The molecule has 1 amide bonds. The van der Waals surface area contributed by atoms with Crippen molar-refractivity contribution in [3.8, 4) is 6.07 Å². The molecule has 1 aliphatic carbocycles. The molecule has 1 N–H and O–H groups in total. The van der Waals surface area contributed by atoms with Crippen molar-refractivity contribution in [2.75, 3.05) is 23.4 Å². The average molecular weight is 475 g/mol. The summed E-state index contributed by atoms with van der Waals surface area (Å²) < 4.78 is 11.6. The number of carbonyl (C=O) groups is 1. The summed E-state index contributed by atoms with van der Waals surface area (Å²) in [7, 11) is 0. The number of benzene rings is 1. The van der Waals surface area contributed by atoms with E-state index in [1.165, 1.54) is 0 Å². The number of nitrogens with zero attached hydrogens (tertiary/aromatic N) is 3. The smallest absolute Gasteiger partial charge is 0.230 e. The molecule has 1 aromatic heterocycles. The summed E-state index contributed by atoms with van der Waals surface area (Å²) >= 11 is 0. The monoisotopic (exact) mass is 474 g/mol. The lowest BCUT2D eigenvalue weighted by Gasteiger charge is -2.34. The number of carbonyl (C=O) groups excluding carboxylic acids is 1. The fraction of sp³-hybridized carbons (Fsp3) is 0.536. The molecule has 0 unspecified atom stereocenters. The van der Waals surface area contributed by atoms with E-state index in [2.05, 4.69) is 30.2 Å². The maximum atomic E-state index is 14.0. The number of nitrogens with one attached hydrogen (secondary N) is 1. The SMILES string of the molecule is CC(C)O[C@H]1CC[C@H](C(=O)N2Cc3cccnc3Nc3ccc(C4(C#N)CCOCC4)cc32)CC1. The molecule has 0 spiro atoms. The Bertz CT molecular complexity index is 1110. The summed E-state index contributed by atoms with van der Waals surface area (Å²) in [6.07, 6.45) is 6.99. The van der Waals surface area contributed by atoms with E-state index in [-0.39, 0.29) is 24.0 Å². The van der Waals surface area contributed by atoms with Crippen molar-refractivity contribution >= 4 is 23.1 Å². The first-order valence-electron chi connectivity index (χ1n) is 12.8. The molecule has 3 aliphatic rings. The van der Waals surface area contributed by atoms with Crippen molar-refractivity contribution in [1.29, 1.82) is 5.26 Å². The molecule has 7 heteroatoms. The van der Waals surface area contributed by atoms with Gasteiger partial charge in [-0.15, -0.1) is 0 Å². The summed E-state index contributed by atoms with van der Waals surface area (Å²) in [6.45, 7) is 5.73. The normalized spacial score (nSPS) is 23.4. The Morgan fingerprint density at radius 2 is 2.00 bits per heavy atom. The number of ether oxygens (including phenoxy) is 2. The van der Waals surface area contributed by atoms with Crippen LogP contribution < -0.4 is 10.2 Å². The van der Waals surface area contributed by atoms with Gasteiger partial charge in [0.2, 0.25) is 5.91 Å². The van der Waals surface area contributed by atoms with Crippen LogP contribution in [0.2, 0.25) is 0 Å². The van der Waals surface area contributed by atoms with E-state index < -0.39 is 5.41 Å². The zero-order chi connectivity index (χ0) is 24.4. The van der Waals surface area contributed by atoms with E-state index in [1.54, 1.807) is 6.20 Å². The largest absolute Gasteiger partial charge is 0.381 e. The lowest BCUT2D eigenvalue weighted by molar-refractivity contribution is -0.124. The van der Waals surface area contributed by atoms with Crippen molar-refractivity contribution in [3.05, 3.63) is 47.7 Å². The minimum atomic E-state index is -0.592. The highest BCUT2D eigenvalue weighted by molar-refractivity contribution is 5.99. The molecule has 1 saturated heterocycles. The van der Waals surface area contributed by atoms with Gasteiger partial charge in [0.05, 0.1) is 41.6 Å². The van der Waals surface area contributed by atoms with Crippen molar-refractivity contribution in [1.82, 2.24) is 4.98 Å². The number of anilines is 3. The number of fused-ring (bicyclic) bond motifs is 2. The van der Waals surface area contributed by atoms with Gasteiger partial charge in [0, 0.05) is 30.9 Å². The second-order valence-corrected chi connectivity index (χ2v) is 10.3. The van der Waals surface area contributed by atoms with Gasteiger partial charge in [-0.2, -0.15) is 5.26 Å². The molecule has 0 atom stereocenters. The predicted molar refractivity (Wildman–Crippen MR) is 134 cm³/mol. The fourth-order valence-corrected chi connectivity index (χ4v) is 5.65. The van der Waals surface area contributed by atoms with Crippen LogP contribution in [0.4, 0.5) is 17.2 Å². The highest BCUT2D eigenvalue weighted by Gasteiger charge is 2.37. The van der Waals surface area contributed by atoms with Gasteiger partial charge >= 0.3 is 0 Å². The van der Waals surface area contributed by atoms with Crippen LogP contribution in [0.25, 0.3) is 0 Å². The first-order chi connectivity index (χ1) is 17.0. The first-order valence-corrected chi connectivity index (χ1v) is 12.8. The second kappa shape index (κ2) is 9.96. The van der Waals surface area contributed by atoms with Gasteiger partial charge < -0.3 is 19.7 Å². The number of nitriles is 1. The lowest BCUT2D eigenvalue weighted by Crippen LogP contribution is -2.39. The number of rotatable bonds is 4. The number of pyridine rings is 1. The number of amides is 1. The van der Waals surface area contributed by atoms with Crippen LogP contribution in [0.1, 0.15) is 63.5 Å². The summed E-state index contributed by atoms with van der Waals surface area (Å²) in [5.41, 5.74) is 3.01. The van der Waals surface area contributed by atoms with Crippen molar-refractivity contribution in [2.24, 2.45) is 5.92 Å². The zero-order valence-electron chi connectivity index (χ0n) is 20.6. The molecule has 2 aliphatic heterocycles. The van der Waals surface area contributed by atoms with Gasteiger partial charge in [-0.1, -0.05) is 12.1 Å². The van der Waals surface area contributed by atoms with E-state index in [4.69, 9.17) is 9.47 Å². The third-order valence-electron chi connectivity index (χ3n) is 7.63. The molecule has 1 saturated carbocycles. The summed E-state index contributed by atoms with van der Waals surface area (Å²) in [6, 6.07) is 12.6. The molecule has 0 bridgehead atoms. The number of hydrogen-bond donors (Lipinski definition) is 1. The van der Waals surface area contributed by atoms with Crippen molar-refractivity contribution in [3.63, 3.8) is 0 Å². The van der Waals surface area contributed by atoms with Crippen LogP contribution in [0.3, 0.4) is 0 Å². The van der Waals surface area contributed by atoms with E-state index in [9.17, 15) is 10.1 Å². The predicted octanol–water partition coefficient (Wildman–Crippen LogP) is 5.23. The standard InChI is InChI=1S/C28H34N4O3/c1-19(2)35-23-8-5-20(6-9-23)27(33)32-17-21-4-3-13-30-26(21)31-24-10-7-22(16-25(24)32)28(18-29)11-14-34-15-12-28/h3-4,7,10,13,16,19-20,23H,5-6,8-9,11-12,14-15,17H2,1-2H3,(H,30,31)/t20-,23-. The van der Waals surface area contributed by atoms with Crippen molar-refractivity contribution < 1.29 is 14.3 Å². The molecule has 35 heavy (non-hydrogen) atoms. The van der Waals surface area contributed by atoms with Gasteiger partial charge in [-0.3, -0.25) is 4.79 Å². The third kappa shape index (κ3) is 4.78. The Kier molecular flexibility index (Phi) is 6.77. The van der Waals surface area contributed by atoms with E-state index in [1.807, 2.05) is 35.2 Å². The topological polar surface area (TPSA) is 87.5 Å². The lowest BCUT2D eigenvalue weighted by atomic mass is 9.75. The molecule has 2 fully saturated rings. The zero-order valence-corrected chi connectivity index (χ0v) is 20.6. The Balaban J connectivity index is 1.48. The van der Waals surface area contributed by atoms with Gasteiger partial charge in [0.25, 0.3) is 0 Å². The van der Waals surface area contributed by atoms with Gasteiger partial charge in [0.15, 0.2) is 0 Å². The highest BCUT2D eigenvalue weighted by Crippen LogP contribution is 2.42. The molecule has 184 valence electrons. The second-order valence-electron chi connectivity index (χ2n) is 10.3. The summed E-state index contributed by atoms with van der Waals surface area (Å²) in [5, 5.41) is 13.6. The number of aromatic nitrogens is 1. The Hall–Kier alpha value is -2.95. The molecular formula is C28H34N4O3. The van der Waals surface area contributed by atoms with Crippen LogP contribution >= 0.6 is 0 Å². The van der Waals surface area contributed by atoms with E-state index >= 15 is 0 Å². The minimum absolute atomic E-state index is 0.0373. The highest BCUT2D eigenvalue weighted by atomic mass is 16.5. The maximum Gasteiger partial charge on any atom is 0.230 e. The van der Waals surface area contributed by atoms with E-state index in [0.29, 0.717) is 32.6 Å². The molecule has 1 aromatic carbocycles. The Morgan fingerprint density at radius 1 is 1.23 bits per heavy atom. The molecule has 0 radical (unpaired) electrons. The van der Waals surface area contributed by atoms with Crippen LogP contribution in [0.5, 0.6) is 0 Å². The minimum Gasteiger partial charge on any atom is -0.381 e. The fourth-order valence-electron chi connectivity index (χ4n) is 5.65. The average Bonchev–Trinajstić information content (AvgIpc) is 3.05. The van der Waals surface area contributed by atoms with Gasteiger partial charge in [0.1, 0.15) is 5.82 Å². The Labute approximate surface area is 207 Å². The van der Waals surface area contributed by atoms with Crippen LogP contribution in [-0.4, -0.2) is 36.3 Å². The Morgan fingerprint density at radius 3 is 2.71 bits per heavy atom. The summed E-state index contributed by atoms with van der Waals surface area (Å²) in [4.78, 5) is 20.4.